The van der Waals surface area contributed by atoms with Crippen molar-refractivity contribution in [1.29, 1.82) is 0 Å². The predicted octanol–water partition coefficient (Wildman–Crippen LogP) is 5.14. The van der Waals surface area contributed by atoms with Crippen molar-refractivity contribution in [1.82, 2.24) is 9.88 Å². The molecule has 3 rings (SSSR count). The fraction of sp³-hybridized carbons (Fsp3) is 0.480. The minimum absolute atomic E-state index is 0.0116. The summed E-state index contributed by atoms with van der Waals surface area (Å²) in [5.74, 6) is -1.80. The minimum Gasteiger partial charge on any atom is -0.481 e. The first kappa shape index (κ1) is 27.4. The SMILES string of the molecule is CCS(=O)(=O)CC[C@H](C)N1C(=O)[C@@](C)(CC(=O)O)C[C@H](c2cccc(Cl)c2)[C@H]1c1ccc(Cl)cn1. The second-order valence-electron chi connectivity index (χ2n) is 9.43. The van der Waals surface area contributed by atoms with Gasteiger partial charge in [-0.1, -0.05) is 49.2 Å². The maximum atomic E-state index is 13.9. The predicted molar refractivity (Wildman–Crippen MR) is 136 cm³/mol. The number of pyridine rings is 1. The van der Waals surface area contributed by atoms with E-state index in [1.807, 2.05) is 18.2 Å². The number of aromatic nitrogens is 1. The number of amides is 1. The summed E-state index contributed by atoms with van der Waals surface area (Å²) in [4.78, 5) is 31.9. The minimum atomic E-state index is -3.26. The van der Waals surface area contributed by atoms with Crippen molar-refractivity contribution in [3.8, 4) is 0 Å². The molecule has 1 N–H and O–H groups in total. The zero-order valence-corrected chi connectivity index (χ0v) is 22.3. The topological polar surface area (TPSA) is 105 Å². The number of carboxylic acid groups (broad SMARTS) is 1. The normalized spacial score (nSPS) is 23.8. The summed E-state index contributed by atoms with van der Waals surface area (Å²) < 4.78 is 24.5. The van der Waals surface area contributed by atoms with Gasteiger partial charge in [-0.25, -0.2) is 8.42 Å². The number of rotatable bonds is 9. The summed E-state index contributed by atoms with van der Waals surface area (Å²) in [6.45, 7) is 5.05. The highest BCUT2D eigenvalue weighted by Crippen LogP contribution is 2.51. The number of piperidine rings is 1. The number of carbonyl (C=O) groups excluding carboxylic acids is 1. The van der Waals surface area contributed by atoms with Gasteiger partial charge in [0, 0.05) is 28.9 Å². The number of likely N-dealkylation sites (tertiary alicyclic amines) is 1. The Balaban J connectivity index is 2.17. The average molecular weight is 541 g/mol. The molecule has 0 bridgehead atoms. The van der Waals surface area contributed by atoms with E-state index in [-0.39, 0.29) is 42.6 Å². The van der Waals surface area contributed by atoms with Crippen LogP contribution in [0.5, 0.6) is 0 Å². The van der Waals surface area contributed by atoms with Crippen LogP contribution in [0.2, 0.25) is 10.0 Å². The van der Waals surface area contributed by atoms with E-state index in [0.29, 0.717) is 15.7 Å². The molecule has 2 aromatic rings. The summed E-state index contributed by atoms with van der Waals surface area (Å²) in [6, 6.07) is 9.69. The highest BCUT2D eigenvalue weighted by Gasteiger charge is 2.52. The maximum Gasteiger partial charge on any atom is 0.304 e. The van der Waals surface area contributed by atoms with E-state index < -0.39 is 33.3 Å². The lowest BCUT2D eigenvalue weighted by molar-refractivity contribution is -0.160. The largest absolute Gasteiger partial charge is 0.481 e. The van der Waals surface area contributed by atoms with Crippen molar-refractivity contribution in [2.45, 2.75) is 58.0 Å². The molecule has 1 aromatic heterocycles. The van der Waals surface area contributed by atoms with E-state index in [2.05, 4.69) is 4.98 Å². The average Bonchev–Trinajstić information content (AvgIpc) is 2.79. The highest BCUT2D eigenvalue weighted by molar-refractivity contribution is 7.91. The van der Waals surface area contributed by atoms with Crippen molar-refractivity contribution in [2.24, 2.45) is 5.41 Å². The van der Waals surface area contributed by atoms with Gasteiger partial charge >= 0.3 is 5.97 Å². The summed E-state index contributed by atoms with van der Waals surface area (Å²) in [5, 5.41) is 10.6. The second-order valence-corrected chi connectivity index (χ2v) is 12.8. The van der Waals surface area contributed by atoms with E-state index in [0.717, 1.165) is 5.56 Å². The first-order valence-corrected chi connectivity index (χ1v) is 14.1. The number of halogens is 2. The van der Waals surface area contributed by atoms with Crippen LogP contribution >= 0.6 is 23.2 Å². The Labute approximate surface area is 216 Å². The van der Waals surface area contributed by atoms with Gasteiger partial charge in [0.1, 0.15) is 9.84 Å². The van der Waals surface area contributed by atoms with Crippen molar-refractivity contribution < 1.29 is 23.1 Å². The van der Waals surface area contributed by atoms with Crippen LogP contribution in [-0.4, -0.2) is 52.8 Å². The van der Waals surface area contributed by atoms with E-state index in [4.69, 9.17) is 23.2 Å². The molecule has 7 nitrogen and oxygen atoms in total. The smallest absolute Gasteiger partial charge is 0.304 e. The standard InChI is InChI=1S/C25H30Cl2N2O5S/c1-4-35(33,34)11-10-16(2)29-23(21-9-8-19(27)15-28-21)20(17-6-5-7-18(26)12-17)13-25(3,24(29)32)14-22(30)31/h5-9,12,15-16,20,23H,4,10-11,13-14H2,1-3H3,(H,30,31)/t16-,20+,23-,25+/m0/s1. The molecule has 0 spiro atoms. The molecule has 2 heterocycles. The van der Waals surface area contributed by atoms with Gasteiger partial charge in [0.2, 0.25) is 5.91 Å². The molecule has 35 heavy (non-hydrogen) atoms. The van der Waals surface area contributed by atoms with Crippen LogP contribution in [-0.2, 0) is 19.4 Å². The number of carboxylic acids is 1. The maximum absolute atomic E-state index is 13.9. The third-order valence-electron chi connectivity index (χ3n) is 6.73. The van der Waals surface area contributed by atoms with Gasteiger partial charge in [0.15, 0.2) is 0 Å². The lowest BCUT2D eigenvalue weighted by Gasteiger charge is -2.51. The first-order valence-electron chi connectivity index (χ1n) is 11.5. The Hall–Kier alpha value is -2.16. The molecular weight excluding hydrogens is 511 g/mol. The number of hydrogen-bond acceptors (Lipinski definition) is 5. The number of aliphatic carboxylic acids is 1. The molecule has 1 aliphatic rings. The summed E-state index contributed by atoms with van der Waals surface area (Å²) in [7, 11) is -3.26. The number of sulfone groups is 1. The van der Waals surface area contributed by atoms with E-state index in [1.54, 1.807) is 43.9 Å². The lowest BCUT2D eigenvalue weighted by Crippen LogP contribution is -2.55. The molecular formula is C25H30Cl2N2O5S. The Kier molecular flexibility index (Phi) is 8.50. The third kappa shape index (κ3) is 6.35. The Bertz CT molecular complexity index is 1190. The number of benzene rings is 1. The van der Waals surface area contributed by atoms with Crippen molar-refractivity contribution in [3.63, 3.8) is 0 Å². The molecule has 1 aliphatic heterocycles. The van der Waals surface area contributed by atoms with E-state index >= 15 is 0 Å². The number of hydrogen-bond donors (Lipinski definition) is 1. The van der Waals surface area contributed by atoms with Crippen LogP contribution < -0.4 is 0 Å². The molecule has 0 radical (unpaired) electrons. The van der Waals surface area contributed by atoms with Crippen molar-refractivity contribution >= 4 is 44.9 Å². The second kappa shape index (κ2) is 10.8. The van der Waals surface area contributed by atoms with Gasteiger partial charge in [-0.05, 0) is 49.6 Å². The fourth-order valence-electron chi connectivity index (χ4n) is 4.85. The van der Waals surface area contributed by atoms with Gasteiger partial charge in [0.05, 0.1) is 34.3 Å². The van der Waals surface area contributed by atoms with Crippen LogP contribution in [0, 0.1) is 5.41 Å². The van der Waals surface area contributed by atoms with Crippen LogP contribution in [0.4, 0.5) is 0 Å². The van der Waals surface area contributed by atoms with Crippen molar-refractivity contribution in [3.05, 3.63) is 63.9 Å². The van der Waals surface area contributed by atoms with Gasteiger partial charge in [0.25, 0.3) is 0 Å². The zero-order valence-electron chi connectivity index (χ0n) is 19.9. The van der Waals surface area contributed by atoms with E-state index in [1.165, 1.54) is 6.20 Å². The molecule has 1 saturated heterocycles. The fourth-order valence-corrected chi connectivity index (χ4v) is 6.15. The number of nitrogens with zero attached hydrogens (tertiary/aromatic N) is 2. The molecule has 1 fully saturated rings. The Morgan fingerprint density at radius 1 is 1.26 bits per heavy atom. The van der Waals surface area contributed by atoms with Gasteiger partial charge in [-0.3, -0.25) is 14.6 Å². The van der Waals surface area contributed by atoms with Crippen molar-refractivity contribution in [2.75, 3.05) is 11.5 Å². The molecule has 0 aliphatic carbocycles. The van der Waals surface area contributed by atoms with Crippen LogP contribution in [0.25, 0.3) is 0 Å². The summed E-state index contributed by atoms with van der Waals surface area (Å²) >= 11 is 12.4. The summed E-state index contributed by atoms with van der Waals surface area (Å²) in [6.07, 6.45) is 1.65. The number of carbonyl (C=O) groups is 2. The monoisotopic (exact) mass is 540 g/mol. The Morgan fingerprint density at radius 3 is 2.54 bits per heavy atom. The van der Waals surface area contributed by atoms with Crippen LogP contribution in [0.15, 0.2) is 42.6 Å². The molecule has 4 atom stereocenters. The van der Waals surface area contributed by atoms with Crippen LogP contribution in [0.3, 0.4) is 0 Å². The third-order valence-corrected chi connectivity index (χ3v) is 8.93. The molecule has 0 unspecified atom stereocenters. The van der Waals surface area contributed by atoms with Crippen LogP contribution in [0.1, 0.15) is 63.3 Å². The van der Waals surface area contributed by atoms with Gasteiger partial charge < -0.3 is 10.0 Å². The summed E-state index contributed by atoms with van der Waals surface area (Å²) in [5.41, 5.74) is 0.247. The Morgan fingerprint density at radius 2 is 1.97 bits per heavy atom. The van der Waals surface area contributed by atoms with Gasteiger partial charge in [-0.15, -0.1) is 0 Å². The van der Waals surface area contributed by atoms with Gasteiger partial charge in [-0.2, -0.15) is 0 Å². The quantitative estimate of drug-likeness (QED) is 0.472. The zero-order chi connectivity index (χ0) is 26.0. The molecule has 0 saturated carbocycles. The molecule has 1 aromatic carbocycles. The molecule has 190 valence electrons. The highest BCUT2D eigenvalue weighted by atomic mass is 35.5. The molecule has 1 amide bonds. The first-order chi connectivity index (χ1) is 16.4. The van der Waals surface area contributed by atoms with E-state index in [9.17, 15) is 23.1 Å². The lowest BCUT2D eigenvalue weighted by atomic mass is 9.67. The molecule has 10 heteroatoms.